The Morgan fingerprint density at radius 3 is 1.78 bits per heavy atom. The molecular weight excluding hydrogens is 284 g/mol. The molecule has 0 spiro atoms. The number of hydrogen-bond acceptors (Lipinski definition) is 3. The minimum atomic E-state index is -5.92. The first-order chi connectivity index (χ1) is 7.91. The van der Waals surface area contributed by atoms with Crippen molar-refractivity contribution >= 4 is 18.3 Å². The van der Waals surface area contributed by atoms with Crippen molar-refractivity contribution < 1.29 is 31.4 Å². The normalized spacial score (nSPS) is 13.8. The standard InChI is InChI=1S/C9H7F6NOS/c10-8(11,12)7(17,9(13,14)15)4-1-2-5(16)6(18)3-4/h1-3,17-18H,16H2. The van der Waals surface area contributed by atoms with E-state index in [1.54, 1.807) is 0 Å². The summed E-state index contributed by atoms with van der Waals surface area (Å²) >= 11 is 3.62. The molecule has 9 heteroatoms. The molecule has 0 saturated heterocycles. The van der Waals surface area contributed by atoms with Gasteiger partial charge in [0.05, 0.1) is 0 Å². The molecule has 0 atom stereocenters. The highest BCUT2D eigenvalue weighted by Crippen LogP contribution is 2.50. The van der Waals surface area contributed by atoms with Crippen LogP contribution in [-0.2, 0) is 5.60 Å². The first kappa shape index (κ1) is 15.0. The van der Waals surface area contributed by atoms with Gasteiger partial charge in [-0.3, -0.25) is 0 Å². The highest BCUT2D eigenvalue weighted by molar-refractivity contribution is 7.80. The SMILES string of the molecule is Nc1ccc(C(O)(C(F)(F)F)C(F)(F)F)cc1S. The van der Waals surface area contributed by atoms with Crippen molar-refractivity contribution in [2.75, 3.05) is 5.73 Å². The van der Waals surface area contributed by atoms with E-state index in [0.29, 0.717) is 12.1 Å². The summed E-state index contributed by atoms with van der Waals surface area (Å²) in [5.74, 6) is 0. The molecule has 18 heavy (non-hydrogen) atoms. The predicted octanol–water partition coefficient (Wildman–Crippen LogP) is 2.87. The van der Waals surface area contributed by atoms with E-state index in [9.17, 15) is 26.3 Å². The van der Waals surface area contributed by atoms with E-state index in [1.807, 2.05) is 0 Å². The Hall–Kier alpha value is -1.09. The lowest BCUT2D eigenvalue weighted by Crippen LogP contribution is -2.53. The zero-order chi connectivity index (χ0) is 14.4. The molecule has 0 amide bonds. The van der Waals surface area contributed by atoms with Crippen LogP contribution in [0.5, 0.6) is 0 Å². The average molecular weight is 291 g/mol. The number of benzene rings is 1. The Bertz CT molecular complexity index is 441. The van der Waals surface area contributed by atoms with Crippen molar-refractivity contribution in [2.24, 2.45) is 0 Å². The molecule has 1 rings (SSSR count). The molecule has 0 aromatic heterocycles. The Morgan fingerprint density at radius 2 is 1.44 bits per heavy atom. The van der Waals surface area contributed by atoms with Crippen LogP contribution in [0.3, 0.4) is 0 Å². The molecule has 0 heterocycles. The number of aliphatic hydroxyl groups is 1. The number of nitrogens with two attached hydrogens (primary N) is 1. The summed E-state index contributed by atoms with van der Waals surface area (Å²) in [6.07, 6.45) is -11.8. The van der Waals surface area contributed by atoms with Gasteiger partial charge in [0.15, 0.2) is 0 Å². The molecule has 2 nitrogen and oxygen atoms in total. The van der Waals surface area contributed by atoms with Gasteiger partial charge >= 0.3 is 12.4 Å². The fraction of sp³-hybridized carbons (Fsp3) is 0.333. The number of alkyl halides is 6. The van der Waals surface area contributed by atoms with Gasteiger partial charge in [0.25, 0.3) is 5.60 Å². The van der Waals surface area contributed by atoms with Crippen molar-refractivity contribution in [1.82, 2.24) is 0 Å². The number of nitrogen functional groups attached to an aromatic ring is 1. The van der Waals surface area contributed by atoms with Gasteiger partial charge in [-0.1, -0.05) is 6.07 Å². The van der Waals surface area contributed by atoms with Crippen molar-refractivity contribution in [2.45, 2.75) is 22.8 Å². The summed E-state index contributed by atoms with van der Waals surface area (Å²) in [6.45, 7) is 0. The van der Waals surface area contributed by atoms with Gasteiger partial charge in [-0.25, -0.2) is 0 Å². The van der Waals surface area contributed by atoms with Gasteiger partial charge in [0.1, 0.15) is 0 Å². The Balaban J connectivity index is 3.51. The Kier molecular flexibility index (Phi) is 3.52. The lowest BCUT2D eigenvalue weighted by molar-refractivity contribution is -0.376. The third-order valence-corrected chi connectivity index (χ3v) is 2.66. The molecule has 102 valence electrons. The first-order valence-electron chi connectivity index (χ1n) is 4.36. The number of anilines is 1. The van der Waals surface area contributed by atoms with E-state index < -0.39 is 23.5 Å². The molecule has 1 aromatic rings. The lowest BCUT2D eigenvalue weighted by Gasteiger charge is -2.32. The second-order valence-electron chi connectivity index (χ2n) is 3.48. The van der Waals surface area contributed by atoms with E-state index in [4.69, 9.17) is 10.8 Å². The highest BCUT2D eigenvalue weighted by Gasteiger charge is 2.71. The van der Waals surface area contributed by atoms with Crippen LogP contribution in [0.25, 0.3) is 0 Å². The predicted molar refractivity (Wildman–Crippen MR) is 54.1 cm³/mol. The smallest absolute Gasteiger partial charge is 0.398 e. The van der Waals surface area contributed by atoms with Crippen molar-refractivity contribution in [1.29, 1.82) is 0 Å². The Morgan fingerprint density at radius 1 is 1.00 bits per heavy atom. The van der Waals surface area contributed by atoms with E-state index in [-0.39, 0.29) is 10.6 Å². The van der Waals surface area contributed by atoms with Crippen LogP contribution in [0.4, 0.5) is 32.0 Å². The Labute approximate surface area is 103 Å². The minimum absolute atomic E-state index is 0.103. The van der Waals surface area contributed by atoms with Gasteiger partial charge in [-0.15, -0.1) is 12.6 Å². The minimum Gasteiger partial charge on any atom is -0.398 e. The van der Waals surface area contributed by atoms with E-state index in [0.717, 1.165) is 6.07 Å². The second kappa shape index (κ2) is 4.23. The lowest BCUT2D eigenvalue weighted by atomic mass is 9.92. The van der Waals surface area contributed by atoms with Crippen LogP contribution >= 0.6 is 12.6 Å². The maximum atomic E-state index is 12.5. The molecule has 0 aliphatic heterocycles. The molecule has 0 radical (unpaired) electrons. The largest absolute Gasteiger partial charge is 0.430 e. The fourth-order valence-electron chi connectivity index (χ4n) is 1.26. The van der Waals surface area contributed by atoms with Crippen LogP contribution in [0.2, 0.25) is 0 Å². The van der Waals surface area contributed by atoms with E-state index in [1.165, 1.54) is 0 Å². The molecule has 0 aliphatic carbocycles. The zero-order valence-electron chi connectivity index (χ0n) is 8.47. The van der Waals surface area contributed by atoms with Gasteiger partial charge in [0.2, 0.25) is 0 Å². The summed E-state index contributed by atoms with van der Waals surface area (Å²) < 4.78 is 75.0. The van der Waals surface area contributed by atoms with Crippen molar-refractivity contribution in [3.8, 4) is 0 Å². The number of halogens is 6. The van der Waals surface area contributed by atoms with Crippen LogP contribution in [0.15, 0.2) is 23.1 Å². The fourth-order valence-corrected chi connectivity index (χ4v) is 1.47. The zero-order valence-corrected chi connectivity index (χ0v) is 9.37. The third kappa shape index (κ3) is 2.24. The topological polar surface area (TPSA) is 46.2 Å². The summed E-state index contributed by atoms with van der Waals surface area (Å²) in [5.41, 5.74) is -1.21. The molecule has 0 bridgehead atoms. The second-order valence-corrected chi connectivity index (χ2v) is 3.96. The summed E-state index contributed by atoms with van der Waals surface area (Å²) in [5, 5.41) is 9.05. The quantitative estimate of drug-likeness (QED) is 0.423. The summed E-state index contributed by atoms with van der Waals surface area (Å²) in [6, 6.07) is 1.69. The van der Waals surface area contributed by atoms with Crippen molar-refractivity contribution in [3.63, 3.8) is 0 Å². The number of rotatable bonds is 1. The molecule has 0 unspecified atom stereocenters. The van der Waals surface area contributed by atoms with Gasteiger partial charge in [-0.2, -0.15) is 26.3 Å². The van der Waals surface area contributed by atoms with Gasteiger partial charge in [0, 0.05) is 16.1 Å². The van der Waals surface area contributed by atoms with E-state index in [2.05, 4.69) is 12.6 Å². The molecule has 0 fully saturated rings. The molecule has 3 N–H and O–H groups in total. The van der Waals surface area contributed by atoms with Gasteiger partial charge < -0.3 is 10.8 Å². The monoisotopic (exact) mass is 291 g/mol. The first-order valence-corrected chi connectivity index (χ1v) is 4.81. The van der Waals surface area contributed by atoms with Crippen LogP contribution < -0.4 is 5.73 Å². The molecule has 0 aliphatic rings. The van der Waals surface area contributed by atoms with Crippen LogP contribution in [0.1, 0.15) is 5.56 Å². The third-order valence-electron chi connectivity index (χ3n) is 2.27. The number of hydrogen-bond donors (Lipinski definition) is 3. The highest BCUT2D eigenvalue weighted by atomic mass is 32.1. The average Bonchev–Trinajstić information content (AvgIpc) is 2.17. The maximum absolute atomic E-state index is 12.5. The van der Waals surface area contributed by atoms with Crippen LogP contribution in [0, 0.1) is 0 Å². The summed E-state index contributed by atoms with van der Waals surface area (Å²) in [4.78, 5) is -0.292. The molecular formula is C9H7F6NOS. The number of thiol groups is 1. The van der Waals surface area contributed by atoms with Crippen LogP contribution in [-0.4, -0.2) is 17.5 Å². The molecule has 1 aromatic carbocycles. The molecule has 0 saturated carbocycles. The van der Waals surface area contributed by atoms with E-state index >= 15 is 0 Å². The van der Waals surface area contributed by atoms with Gasteiger partial charge in [-0.05, 0) is 12.1 Å². The maximum Gasteiger partial charge on any atom is 0.430 e. The van der Waals surface area contributed by atoms with Crippen molar-refractivity contribution in [3.05, 3.63) is 23.8 Å². The summed E-state index contributed by atoms with van der Waals surface area (Å²) in [7, 11) is 0.